The molecule has 1 aliphatic rings. The van der Waals surface area contributed by atoms with Gasteiger partial charge in [-0.3, -0.25) is 9.78 Å². The van der Waals surface area contributed by atoms with Gasteiger partial charge < -0.3 is 13.8 Å². The van der Waals surface area contributed by atoms with Crippen LogP contribution in [0.25, 0.3) is 22.0 Å². The lowest BCUT2D eigenvalue weighted by molar-refractivity contribution is 0.247. The number of pyridine rings is 2. The van der Waals surface area contributed by atoms with Gasteiger partial charge in [0.25, 0.3) is 5.56 Å². The SMILES string of the molecule is Cc1noc(C)c1-c1cc2ccc(=O)n(Cc3ccccn3)c2cc1OCCC1CCCCC1. The number of aryl methyl sites for hydroxylation is 2. The summed E-state index contributed by atoms with van der Waals surface area (Å²) in [4.78, 5) is 17.3. The Labute approximate surface area is 199 Å². The summed E-state index contributed by atoms with van der Waals surface area (Å²) < 4.78 is 13.7. The molecule has 1 fully saturated rings. The summed E-state index contributed by atoms with van der Waals surface area (Å²) >= 11 is 0. The average molecular weight is 458 g/mol. The van der Waals surface area contributed by atoms with E-state index in [1.165, 1.54) is 32.1 Å². The normalized spacial score (nSPS) is 14.5. The minimum Gasteiger partial charge on any atom is -0.493 e. The molecule has 1 aromatic carbocycles. The summed E-state index contributed by atoms with van der Waals surface area (Å²) in [6, 6.07) is 13.3. The average Bonchev–Trinajstić information content (AvgIpc) is 3.19. The van der Waals surface area contributed by atoms with Crippen molar-refractivity contribution in [3.8, 4) is 16.9 Å². The van der Waals surface area contributed by atoms with E-state index >= 15 is 0 Å². The molecule has 5 rings (SSSR count). The minimum absolute atomic E-state index is 0.0589. The predicted octanol–water partition coefficient (Wildman–Crippen LogP) is 6.07. The van der Waals surface area contributed by atoms with Gasteiger partial charge in [0.2, 0.25) is 0 Å². The summed E-state index contributed by atoms with van der Waals surface area (Å²) in [5.74, 6) is 2.26. The van der Waals surface area contributed by atoms with Gasteiger partial charge in [0, 0.05) is 23.9 Å². The van der Waals surface area contributed by atoms with Crippen LogP contribution in [-0.4, -0.2) is 21.3 Å². The molecule has 0 bridgehead atoms. The highest BCUT2D eigenvalue weighted by Crippen LogP contribution is 2.38. The Hall–Kier alpha value is -3.41. The highest BCUT2D eigenvalue weighted by molar-refractivity contribution is 5.89. The zero-order valence-electron chi connectivity index (χ0n) is 19.9. The number of fused-ring (bicyclic) bond motifs is 1. The van der Waals surface area contributed by atoms with E-state index in [1.807, 2.05) is 44.2 Å². The largest absolute Gasteiger partial charge is 0.493 e. The van der Waals surface area contributed by atoms with Gasteiger partial charge in [-0.25, -0.2) is 0 Å². The van der Waals surface area contributed by atoms with Gasteiger partial charge in [-0.2, -0.15) is 0 Å². The van der Waals surface area contributed by atoms with Gasteiger partial charge in [0.05, 0.1) is 35.6 Å². The molecule has 3 aromatic heterocycles. The van der Waals surface area contributed by atoms with Crippen LogP contribution in [0.5, 0.6) is 5.75 Å². The molecule has 6 heteroatoms. The summed E-state index contributed by atoms with van der Waals surface area (Å²) in [5.41, 5.74) is 4.35. The molecule has 0 unspecified atom stereocenters. The number of aromatic nitrogens is 3. The van der Waals surface area contributed by atoms with Gasteiger partial charge in [0.15, 0.2) is 0 Å². The Balaban J connectivity index is 1.56. The maximum absolute atomic E-state index is 12.9. The molecular formula is C28H31N3O3. The van der Waals surface area contributed by atoms with Crippen LogP contribution in [0, 0.1) is 19.8 Å². The number of rotatable bonds is 7. The van der Waals surface area contributed by atoms with Crippen LogP contribution < -0.4 is 10.3 Å². The second-order valence-electron chi connectivity index (χ2n) is 9.33. The third kappa shape index (κ3) is 4.63. The van der Waals surface area contributed by atoms with Gasteiger partial charge in [-0.1, -0.05) is 43.3 Å². The van der Waals surface area contributed by atoms with Crippen molar-refractivity contribution in [1.82, 2.24) is 14.7 Å². The fourth-order valence-electron chi connectivity index (χ4n) is 5.13. The number of hydrogen-bond acceptors (Lipinski definition) is 5. The summed E-state index contributed by atoms with van der Waals surface area (Å²) in [5, 5.41) is 5.12. The van der Waals surface area contributed by atoms with E-state index in [4.69, 9.17) is 9.26 Å². The van der Waals surface area contributed by atoms with Crippen LogP contribution >= 0.6 is 0 Å². The first-order chi connectivity index (χ1) is 16.6. The monoisotopic (exact) mass is 457 g/mol. The molecule has 0 aliphatic heterocycles. The maximum atomic E-state index is 12.9. The minimum atomic E-state index is -0.0589. The molecule has 0 N–H and O–H groups in total. The van der Waals surface area contributed by atoms with E-state index in [1.54, 1.807) is 16.8 Å². The van der Waals surface area contributed by atoms with Gasteiger partial charge in [0.1, 0.15) is 11.5 Å². The maximum Gasteiger partial charge on any atom is 0.251 e. The zero-order chi connectivity index (χ0) is 23.5. The highest BCUT2D eigenvalue weighted by atomic mass is 16.5. The van der Waals surface area contributed by atoms with Crippen LogP contribution in [0.1, 0.15) is 55.7 Å². The first-order valence-corrected chi connectivity index (χ1v) is 12.2. The molecule has 34 heavy (non-hydrogen) atoms. The Kier molecular flexibility index (Phi) is 6.48. The van der Waals surface area contributed by atoms with Crippen LogP contribution in [0.4, 0.5) is 0 Å². The highest BCUT2D eigenvalue weighted by Gasteiger charge is 2.20. The molecule has 6 nitrogen and oxygen atoms in total. The molecule has 176 valence electrons. The lowest BCUT2D eigenvalue weighted by Gasteiger charge is -2.22. The van der Waals surface area contributed by atoms with Crippen molar-refractivity contribution >= 4 is 10.9 Å². The Morgan fingerprint density at radius 1 is 1.09 bits per heavy atom. The van der Waals surface area contributed by atoms with Crippen molar-refractivity contribution in [3.05, 3.63) is 76.2 Å². The lowest BCUT2D eigenvalue weighted by Crippen LogP contribution is -2.20. The van der Waals surface area contributed by atoms with E-state index < -0.39 is 0 Å². The fraction of sp³-hybridized carbons (Fsp3) is 0.393. The van der Waals surface area contributed by atoms with Crippen LogP contribution in [-0.2, 0) is 6.54 Å². The third-order valence-corrected chi connectivity index (χ3v) is 6.95. The summed E-state index contributed by atoms with van der Waals surface area (Å²) in [6.45, 7) is 4.93. The molecule has 0 amide bonds. The van der Waals surface area contributed by atoms with E-state index in [2.05, 4.69) is 16.2 Å². The molecule has 0 spiro atoms. The Morgan fingerprint density at radius 2 is 1.94 bits per heavy atom. The molecule has 0 saturated heterocycles. The molecular weight excluding hydrogens is 426 g/mol. The number of hydrogen-bond donors (Lipinski definition) is 0. The first-order valence-electron chi connectivity index (χ1n) is 12.2. The third-order valence-electron chi connectivity index (χ3n) is 6.95. The molecule has 3 heterocycles. The summed E-state index contributed by atoms with van der Waals surface area (Å²) in [6.07, 6.45) is 9.39. The van der Waals surface area contributed by atoms with Crippen LogP contribution in [0.3, 0.4) is 0 Å². The Morgan fingerprint density at radius 3 is 2.68 bits per heavy atom. The van der Waals surface area contributed by atoms with E-state index in [9.17, 15) is 4.79 Å². The number of ether oxygens (including phenoxy) is 1. The topological polar surface area (TPSA) is 70.2 Å². The van der Waals surface area contributed by atoms with Crippen molar-refractivity contribution in [1.29, 1.82) is 0 Å². The van der Waals surface area contributed by atoms with E-state index in [0.29, 0.717) is 13.2 Å². The van der Waals surface area contributed by atoms with E-state index in [0.717, 1.165) is 57.3 Å². The number of benzene rings is 1. The van der Waals surface area contributed by atoms with Gasteiger partial charge in [-0.05, 0) is 55.8 Å². The van der Waals surface area contributed by atoms with Crippen molar-refractivity contribution in [2.24, 2.45) is 5.92 Å². The lowest BCUT2D eigenvalue weighted by atomic mass is 9.87. The van der Waals surface area contributed by atoms with Crippen molar-refractivity contribution < 1.29 is 9.26 Å². The molecule has 1 aliphatic carbocycles. The van der Waals surface area contributed by atoms with E-state index in [-0.39, 0.29) is 5.56 Å². The fourth-order valence-corrected chi connectivity index (χ4v) is 5.13. The molecule has 0 atom stereocenters. The van der Waals surface area contributed by atoms with Gasteiger partial charge >= 0.3 is 0 Å². The first kappa shape index (κ1) is 22.4. The van der Waals surface area contributed by atoms with Gasteiger partial charge in [-0.15, -0.1) is 0 Å². The predicted molar refractivity (Wildman–Crippen MR) is 133 cm³/mol. The van der Waals surface area contributed by atoms with Crippen molar-refractivity contribution in [2.75, 3.05) is 6.61 Å². The molecule has 1 saturated carbocycles. The Bertz CT molecular complexity index is 1320. The van der Waals surface area contributed by atoms with Crippen LogP contribution in [0.2, 0.25) is 0 Å². The molecule has 4 aromatic rings. The van der Waals surface area contributed by atoms with Crippen molar-refractivity contribution in [2.45, 2.75) is 58.9 Å². The quantitative estimate of drug-likeness (QED) is 0.337. The molecule has 0 radical (unpaired) electrons. The smallest absolute Gasteiger partial charge is 0.251 e. The second-order valence-corrected chi connectivity index (χ2v) is 9.33. The standard InChI is InChI=1S/C28H31N3O3/c1-19-28(20(2)34-30-19)24-16-22-11-12-27(32)31(18-23-10-6-7-14-29-23)25(22)17-26(24)33-15-13-21-8-4-3-5-9-21/h6-7,10-12,14,16-17,21H,3-5,8-9,13,15,18H2,1-2H3. The second kappa shape index (κ2) is 9.84. The van der Waals surface area contributed by atoms with Crippen LogP contribution in [0.15, 0.2) is 58.0 Å². The van der Waals surface area contributed by atoms with Crippen molar-refractivity contribution in [3.63, 3.8) is 0 Å². The number of nitrogens with zero attached hydrogens (tertiary/aromatic N) is 3. The summed E-state index contributed by atoms with van der Waals surface area (Å²) in [7, 11) is 0. The zero-order valence-corrected chi connectivity index (χ0v) is 19.9.